The Kier molecular flexibility index (Phi) is 4.70. The molecule has 1 heterocycles. The minimum atomic E-state index is 0.332. The maximum absolute atomic E-state index is 4.23. The van der Waals surface area contributed by atoms with Crippen LogP contribution in [0.25, 0.3) is 0 Å². The minimum absolute atomic E-state index is 0.332. The molecule has 0 aliphatic carbocycles. The number of hydrogen-bond donors (Lipinski definition) is 0. The molecule has 0 saturated heterocycles. The molecule has 0 N–H and O–H groups in total. The zero-order valence-electron chi connectivity index (χ0n) is 9.36. The monoisotopic (exact) mass is 374 g/mol. The van der Waals surface area contributed by atoms with Crippen LogP contribution in [0.3, 0.4) is 0 Å². The number of hydrogen-bond acceptors (Lipinski definition) is 3. The van der Waals surface area contributed by atoms with E-state index in [0.29, 0.717) is 4.83 Å². The lowest BCUT2D eigenvalue weighted by Gasteiger charge is -1.99. The lowest BCUT2D eigenvalue weighted by molar-refractivity contribution is 0.862. The molecule has 5 heteroatoms. The van der Waals surface area contributed by atoms with Crippen LogP contribution in [0.15, 0.2) is 28.7 Å². The Morgan fingerprint density at radius 3 is 2.59 bits per heavy atom. The third kappa shape index (κ3) is 3.60. The molecular weight excluding hydrogens is 364 g/mol. The van der Waals surface area contributed by atoms with Crippen molar-refractivity contribution in [2.45, 2.75) is 24.6 Å². The molecule has 1 atom stereocenters. The summed E-state index contributed by atoms with van der Waals surface area (Å²) < 4.78 is 1.10. The molecule has 1 aromatic heterocycles. The molecule has 0 bridgehead atoms. The number of rotatable bonds is 4. The van der Waals surface area contributed by atoms with Crippen molar-refractivity contribution in [2.75, 3.05) is 0 Å². The second-order valence-electron chi connectivity index (χ2n) is 3.71. The number of aromatic nitrogens is 2. The zero-order valence-corrected chi connectivity index (χ0v) is 13.3. The molecule has 1 aromatic carbocycles. The van der Waals surface area contributed by atoms with E-state index in [1.165, 1.54) is 5.56 Å². The van der Waals surface area contributed by atoms with E-state index in [4.69, 9.17) is 0 Å². The third-order valence-corrected chi connectivity index (χ3v) is 5.33. The number of halogens is 2. The van der Waals surface area contributed by atoms with Crippen molar-refractivity contribution in [3.05, 3.63) is 44.3 Å². The maximum Gasteiger partial charge on any atom is 0.131 e. The fraction of sp³-hybridized carbons (Fsp3) is 0.333. The predicted molar refractivity (Wildman–Crippen MR) is 78.8 cm³/mol. The molecule has 0 saturated carbocycles. The van der Waals surface area contributed by atoms with Crippen molar-refractivity contribution in [3.63, 3.8) is 0 Å². The predicted octanol–water partition coefficient (Wildman–Crippen LogP) is 4.74. The first kappa shape index (κ1) is 13.2. The molecular formula is C12H12Br2N2S. The Bertz CT molecular complexity index is 482. The molecule has 0 spiro atoms. The van der Waals surface area contributed by atoms with Crippen molar-refractivity contribution in [1.82, 2.24) is 10.2 Å². The van der Waals surface area contributed by atoms with Gasteiger partial charge in [-0.1, -0.05) is 62.3 Å². The van der Waals surface area contributed by atoms with Gasteiger partial charge in [0.15, 0.2) is 0 Å². The summed E-state index contributed by atoms with van der Waals surface area (Å²) in [6.07, 6.45) is 1.89. The summed E-state index contributed by atoms with van der Waals surface area (Å²) in [5.41, 5.74) is 1.26. The van der Waals surface area contributed by atoms with Crippen LogP contribution in [-0.2, 0) is 6.42 Å². The molecule has 90 valence electrons. The lowest BCUT2D eigenvalue weighted by Crippen LogP contribution is -1.86. The highest BCUT2D eigenvalue weighted by Crippen LogP contribution is 2.29. The average Bonchev–Trinajstić information content (AvgIpc) is 2.80. The maximum atomic E-state index is 4.23. The van der Waals surface area contributed by atoms with Gasteiger partial charge in [-0.25, -0.2) is 0 Å². The van der Waals surface area contributed by atoms with Gasteiger partial charge in [0.1, 0.15) is 10.0 Å². The summed E-state index contributed by atoms with van der Waals surface area (Å²) in [6, 6.07) is 8.32. The van der Waals surface area contributed by atoms with Crippen LogP contribution in [0.5, 0.6) is 0 Å². The van der Waals surface area contributed by atoms with Crippen LogP contribution in [0.4, 0.5) is 0 Å². The van der Waals surface area contributed by atoms with Gasteiger partial charge in [-0.2, -0.15) is 0 Å². The average molecular weight is 376 g/mol. The summed E-state index contributed by atoms with van der Waals surface area (Å²) in [7, 11) is 0. The van der Waals surface area contributed by atoms with Crippen molar-refractivity contribution >= 4 is 43.2 Å². The number of nitrogens with zero attached hydrogens (tertiary/aromatic N) is 2. The van der Waals surface area contributed by atoms with Crippen LogP contribution in [0.1, 0.15) is 33.8 Å². The van der Waals surface area contributed by atoms with E-state index in [-0.39, 0.29) is 0 Å². The van der Waals surface area contributed by atoms with Crippen molar-refractivity contribution in [2.24, 2.45) is 0 Å². The Balaban J connectivity index is 2.08. The molecule has 2 aromatic rings. The molecule has 17 heavy (non-hydrogen) atoms. The van der Waals surface area contributed by atoms with Crippen LogP contribution in [0.2, 0.25) is 0 Å². The lowest BCUT2D eigenvalue weighted by atomic mass is 10.2. The molecule has 0 aliphatic heterocycles. The number of alkyl halides is 1. The van der Waals surface area contributed by atoms with E-state index >= 15 is 0 Å². The first-order valence-corrected chi connectivity index (χ1v) is 7.92. The highest BCUT2D eigenvalue weighted by atomic mass is 79.9. The van der Waals surface area contributed by atoms with Gasteiger partial charge < -0.3 is 0 Å². The molecule has 2 nitrogen and oxygen atoms in total. The Labute approximate surface area is 122 Å². The first-order chi connectivity index (χ1) is 8.19. The van der Waals surface area contributed by atoms with Gasteiger partial charge in [0.25, 0.3) is 0 Å². The standard InChI is InChI=1S/C12H12Br2N2S/c1-2-10(14)12-16-15-11(17-12)7-8-3-5-9(13)6-4-8/h3-6,10H,2,7H2,1H3. The van der Waals surface area contributed by atoms with Crippen LogP contribution >= 0.6 is 43.2 Å². The van der Waals surface area contributed by atoms with Gasteiger partial charge in [-0.05, 0) is 24.1 Å². The molecule has 0 amide bonds. The van der Waals surface area contributed by atoms with E-state index in [1.807, 2.05) is 0 Å². The second-order valence-corrected chi connectivity index (χ2v) is 6.83. The first-order valence-electron chi connectivity index (χ1n) is 5.40. The summed E-state index contributed by atoms with van der Waals surface area (Å²) in [5, 5.41) is 10.6. The topological polar surface area (TPSA) is 25.8 Å². The highest BCUT2D eigenvalue weighted by Gasteiger charge is 2.11. The molecule has 2 rings (SSSR count). The third-order valence-electron chi connectivity index (χ3n) is 2.38. The summed E-state index contributed by atoms with van der Waals surface area (Å²) >= 11 is 8.71. The minimum Gasteiger partial charge on any atom is -0.143 e. The summed E-state index contributed by atoms with van der Waals surface area (Å²) in [5.74, 6) is 0. The van der Waals surface area contributed by atoms with Crippen LogP contribution < -0.4 is 0 Å². The normalized spacial score (nSPS) is 12.6. The Morgan fingerprint density at radius 1 is 1.24 bits per heavy atom. The van der Waals surface area contributed by atoms with E-state index in [1.54, 1.807) is 11.3 Å². The largest absolute Gasteiger partial charge is 0.143 e. The van der Waals surface area contributed by atoms with Gasteiger partial charge >= 0.3 is 0 Å². The second kappa shape index (κ2) is 6.07. The highest BCUT2D eigenvalue weighted by molar-refractivity contribution is 9.10. The van der Waals surface area contributed by atoms with E-state index in [9.17, 15) is 0 Å². The molecule has 1 unspecified atom stereocenters. The SMILES string of the molecule is CCC(Br)c1nnc(Cc2ccc(Br)cc2)s1. The van der Waals surface area contributed by atoms with Crippen LogP contribution in [-0.4, -0.2) is 10.2 Å². The quantitative estimate of drug-likeness (QED) is 0.721. The Morgan fingerprint density at radius 2 is 1.94 bits per heavy atom. The molecule has 0 fully saturated rings. The molecule has 0 radical (unpaired) electrons. The van der Waals surface area contributed by atoms with E-state index in [0.717, 1.165) is 27.3 Å². The van der Waals surface area contributed by atoms with Crippen molar-refractivity contribution < 1.29 is 0 Å². The smallest absolute Gasteiger partial charge is 0.131 e. The van der Waals surface area contributed by atoms with E-state index in [2.05, 4.69) is 73.2 Å². The van der Waals surface area contributed by atoms with E-state index < -0.39 is 0 Å². The number of benzene rings is 1. The van der Waals surface area contributed by atoms with Gasteiger partial charge in [-0.15, -0.1) is 10.2 Å². The van der Waals surface area contributed by atoms with Gasteiger partial charge in [0.2, 0.25) is 0 Å². The van der Waals surface area contributed by atoms with Gasteiger partial charge in [0.05, 0.1) is 4.83 Å². The van der Waals surface area contributed by atoms with Crippen molar-refractivity contribution in [1.29, 1.82) is 0 Å². The van der Waals surface area contributed by atoms with Gasteiger partial charge in [-0.3, -0.25) is 0 Å². The fourth-order valence-electron chi connectivity index (χ4n) is 1.42. The Hall–Kier alpha value is -0.260. The summed E-state index contributed by atoms with van der Waals surface area (Å²) in [4.78, 5) is 0.332. The van der Waals surface area contributed by atoms with Crippen molar-refractivity contribution in [3.8, 4) is 0 Å². The molecule has 0 aliphatic rings. The fourth-order valence-corrected chi connectivity index (χ4v) is 2.99. The zero-order chi connectivity index (χ0) is 12.3. The van der Waals surface area contributed by atoms with Gasteiger partial charge in [0, 0.05) is 10.9 Å². The summed E-state index contributed by atoms with van der Waals surface area (Å²) in [6.45, 7) is 2.13. The van der Waals surface area contributed by atoms with Crippen LogP contribution in [0, 0.1) is 0 Å².